The number of nitrogens with zero attached hydrogens (tertiary/aromatic N) is 1. The zero-order chi connectivity index (χ0) is 19.5. The number of hydrogen-bond acceptors (Lipinski definition) is 6. The predicted octanol–water partition coefficient (Wildman–Crippen LogP) is 0.795. The molecular weight excluding hydrogens is 379 g/mol. The SMILES string of the molecule is NS(=O)(=O)c1cc(C(=O)O)c(NCCN2CCOCC2)cc1C(F)(F)F. The largest absolute Gasteiger partial charge is 0.478 e. The maximum absolute atomic E-state index is 13.2. The van der Waals surface area contributed by atoms with Crippen LogP contribution in [0.4, 0.5) is 18.9 Å². The van der Waals surface area contributed by atoms with Crippen LogP contribution in [0, 0.1) is 0 Å². The molecule has 0 aromatic heterocycles. The van der Waals surface area contributed by atoms with E-state index in [9.17, 15) is 31.5 Å². The molecule has 146 valence electrons. The number of carboxylic acids is 1. The molecule has 4 N–H and O–H groups in total. The fraction of sp³-hybridized carbons (Fsp3) is 0.500. The topological polar surface area (TPSA) is 122 Å². The zero-order valence-corrected chi connectivity index (χ0v) is 14.4. The van der Waals surface area contributed by atoms with Gasteiger partial charge in [-0.25, -0.2) is 18.4 Å². The molecule has 26 heavy (non-hydrogen) atoms. The highest BCUT2D eigenvalue weighted by molar-refractivity contribution is 7.89. The van der Waals surface area contributed by atoms with Crippen molar-refractivity contribution < 1.29 is 36.2 Å². The lowest BCUT2D eigenvalue weighted by Gasteiger charge is -2.27. The number of sulfonamides is 1. The summed E-state index contributed by atoms with van der Waals surface area (Å²) in [5.41, 5.74) is -2.45. The fourth-order valence-electron chi connectivity index (χ4n) is 2.53. The lowest BCUT2D eigenvalue weighted by molar-refractivity contribution is -0.139. The van der Waals surface area contributed by atoms with Crippen molar-refractivity contribution in [3.63, 3.8) is 0 Å². The second kappa shape index (κ2) is 7.78. The van der Waals surface area contributed by atoms with Crippen LogP contribution < -0.4 is 10.5 Å². The molecule has 8 nitrogen and oxygen atoms in total. The summed E-state index contributed by atoms with van der Waals surface area (Å²) in [6, 6.07) is 0.889. The van der Waals surface area contributed by atoms with Crippen molar-refractivity contribution in [2.45, 2.75) is 11.1 Å². The smallest absolute Gasteiger partial charge is 0.417 e. The van der Waals surface area contributed by atoms with Crippen LogP contribution in [-0.2, 0) is 20.9 Å². The highest BCUT2D eigenvalue weighted by Gasteiger charge is 2.38. The number of anilines is 1. The number of nitrogens with two attached hydrogens (primary N) is 1. The predicted molar refractivity (Wildman–Crippen MR) is 85.5 cm³/mol. The van der Waals surface area contributed by atoms with E-state index in [-0.39, 0.29) is 12.2 Å². The summed E-state index contributed by atoms with van der Waals surface area (Å²) in [6.45, 7) is 3.04. The molecule has 1 aliphatic heterocycles. The Hall–Kier alpha value is -1.89. The number of aromatic carboxylic acids is 1. The number of ether oxygens (including phenoxy) is 1. The molecule has 1 heterocycles. The highest BCUT2D eigenvalue weighted by Crippen LogP contribution is 2.37. The molecule has 0 radical (unpaired) electrons. The van der Waals surface area contributed by atoms with Crippen molar-refractivity contribution in [2.75, 3.05) is 44.7 Å². The standard InChI is InChI=1S/C14H18F3N3O5S/c15-14(16,17)10-8-11(19-1-2-20-3-5-25-6-4-20)9(13(21)22)7-12(10)26(18,23)24/h7-8,19H,1-6H2,(H,21,22)(H2,18,23,24). The Bertz CT molecular complexity index is 777. The molecule has 1 aromatic carbocycles. The number of benzene rings is 1. The minimum atomic E-state index is -5.01. The van der Waals surface area contributed by atoms with Crippen LogP contribution in [-0.4, -0.2) is 63.8 Å². The molecule has 1 fully saturated rings. The van der Waals surface area contributed by atoms with E-state index < -0.39 is 38.2 Å². The summed E-state index contributed by atoms with van der Waals surface area (Å²) < 4.78 is 67.6. The van der Waals surface area contributed by atoms with Crippen molar-refractivity contribution >= 4 is 21.7 Å². The Morgan fingerprint density at radius 2 is 1.92 bits per heavy atom. The molecule has 0 bridgehead atoms. The second-order valence-corrected chi connectivity index (χ2v) is 7.15. The first-order chi connectivity index (χ1) is 12.0. The maximum atomic E-state index is 13.2. The van der Waals surface area contributed by atoms with Gasteiger partial charge in [0, 0.05) is 31.9 Å². The Morgan fingerprint density at radius 3 is 2.42 bits per heavy atom. The van der Waals surface area contributed by atoms with Gasteiger partial charge in [-0.15, -0.1) is 0 Å². The molecule has 0 saturated carbocycles. The van der Waals surface area contributed by atoms with Crippen molar-refractivity contribution in [3.8, 4) is 0 Å². The molecule has 0 amide bonds. The van der Waals surface area contributed by atoms with Crippen molar-refractivity contribution in [1.82, 2.24) is 4.90 Å². The van der Waals surface area contributed by atoms with E-state index in [1.807, 2.05) is 4.90 Å². The Morgan fingerprint density at radius 1 is 1.31 bits per heavy atom. The van der Waals surface area contributed by atoms with E-state index in [0.29, 0.717) is 45.0 Å². The van der Waals surface area contributed by atoms with E-state index in [1.165, 1.54) is 0 Å². The molecule has 0 atom stereocenters. The van der Waals surface area contributed by atoms with Crippen molar-refractivity contribution in [3.05, 3.63) is 23.3 Å². The molecule has 12 heteroatoms. The number of morpholine rings is 1. The molecule has 1 aromatic rings. The number of rotatable bonds is 6. The average Bonchev–Trinajstić information content (AvgIpc) is 2.53. The van der Waals surface area contributed by atoms with Gasteiger partial charge in [0.2, 0.25) is 10.0 Å². The van der Waals surface area contributed by atoms with E-state index in [4.69, 9.17) is 9.88 Å². The summed E-state index contributed by atoms with van der Waals surface area (Å²) in [4.78, 5) is 12.1. The first-order valence-electron chi connectivity index (χ1n) is 7.55. The number of carbonyl (C=O) groups is 1. The van der Waals surface area contributed by atoms with E-state index in [2.05, 4.69) is 5.32 Å². The third-order valence-corrected chi connectivity index (χ3v) is 4.76. The van der Waals surface area contributed by atoms with Gasteiger partial charge in [0.1, 0.15) is 0 Å². The lowest BCUT2D eigenvalue weighted by Crippen LogP contribution is -2.39. The van der Waals surface area contributed by atoms with Gasteiger partial charge in [-0.3, -0.25) is 4.90 Å². The van der Waals surface area contributed by atoms with E-state index >= 15 is 0 Å². The third kappa shape index (κ3) is 5.06. The Balaban J connectivity index is 2.33. The summed E-state index contributed by atoms with van der Waals surface area (Å²) in [6.07, 6.45) is -5.01. The number of nitrogens with one attached hydrogen (secondary N) is 1. The molecular formula is C14H18F3N3O5S. The summed E-state index contributed by atoms with van der Waals surface area (Å²) >= 11 is 0. The van der Waals surface area contributed by atoms with Gasteiger partial charge in [-0.2, -0.15) is 13.2 Å². The molecule has 0 spiro atoms. The van der Waals surface area contributed by atoms with Gasteiger partial charge in [-0.05, 0) is 12.1 Å². The lowest BCUT2D eigenvalue weighted by atomic mass is 10.1. The van der Waals surface area contributed by atoms with Gasteiger partial charge in [0.25, 0.3) is 0 Å². The van der Waals surface area contributed by atoms with Crippen molar-refractivity contribution in [2.24, 2.45) is 5.14 Å². The molecule has 1 aliphatic rings. The van der Waals surface area contributed by atoms with Crippen molar-refractivity contribution in [1.29, 1.82) is 0 Å². The molecule has 2 rings (SSSR count). The molecule has 1 saturated heterocycles. The van der Waals surface area contributed by atoms with Crippen LogP contribution >= 0.6 is 0 Å². The third-order valence-electron chi connectivity index (χ3n) is 3.81. The van der Waals surface area contributed by atoms with Crippen LogP contribution in [0.5, 0.6) is 0 Å². The number of halogens is 3. The number of hydrogen-bond donors (Lipinski definition) is 3. The Labute approximate surface area is 147 Å². The molecule has 0 unspecified atom stereocenters. The quantitative estimate of drug-likeness (QED) is 0.649. The maximum Gasteiger partial charge on any atom is 0.417 e. The van der Waals surface area contributed by atoms with Crippen LogP contribution in [0.1, 0.15) is 15.9 Å². The number of primary sulfonamides is 1. The monoisotopic (exact) mass is 397 g/mol. The van der Waals surface area contributed by atoms with Gasteiger partial charge < -0.3 is 15.2 Å². The van der Waals surface area contributed by atoms with E-state index in [1.54, 1.807) is 0 Å². The summed E-state index contributed by atoms with van der Waals surface area (Å²) in [7, 11) is -4.76. The first kappa shape index (κ1) is 20.4. The van der Waals surface area contributed by atoms with Gasteiger partial charge in [0.15, 0.2) is 0 Å². The first-order valence-corrected chi connectivity index (χ1v) is 9.10. The Kier molecular flexibility index (Phi) is 6.11. The van der Waals surface area contributed by atoms with Crippen LogP contribution in [0.15, 0.2) is 17.0 Å². The normalized spacial score (nSPS) is 16.5. The van der Waals surface area contributed by atoms with Crippen LogP contribution in [0.2, 0.25) is 0 Å². The van der Waals surface area contributed by atoms with Gasteiger partial charge in [-0.1, -0.05) is 0 Å². The zero-order valence-electron chi connectivity index (χ0n) is 13.5. The minimum absolute atomic E-state index is 0.173. The van der Waals surface area contributed by atoms with E-state index in [0.717, 1.165) is 0 Å². The summed E-state index contributed by atoms with van der Waals surface area (Å²) in [5.74, 6) is -1.57. The molecule has 0 aliphatic carbocycles. The second-order valence-electron chi connectivity index (χ2n) is 5.62. The number of alkyl halides is 3. The average molecular weight is 397 g/mol. The highest BCUT2D eigenvalue weighted by atomic mass is 32.2. The minimum Gasteiger partial charge on any atom is -0.478 e. The van der Waals surface area contributed by atoms with Crippen LogP contribution in [0.25, 0.3) is 0 Å². The van der Waals surface area contributed by atoms with Gasteiger partial charge in [0.05, 0.1) is 29.2 Å². The number of carboxylic acid groups (broad SMARTS) is 1. The summed E-state index contributed by atoms with van der Waals surface area (Å²) in [5, 5.41) is 16.7. The fourth-order valence-corrected chi connectivity index (χ4v) is 3.30. The van der Waals surface area contributed by atoms with Crippen LogP contribution in [0.3, 0.4) is 0 Å². The van der Waals surface area contributed by atoms with Gasteiger partial charge >= 0.3 is 12.1 Å².